The van der Waals surface area contributed by atoms with Crippen LogP contribution in [0, 0.1) is 0 Å². The second-order valence-electron chi connectivity index (χ2n) is 4.36. The first kappa shape index (κ1) is 12.8. The highest BCUT2D eigenvalue weighted by atomic mass is 16.5. The van der Waals surface area contributed by atoms with Crippen molar-refractivity contribution in [2.24, 2.45) is 0 Å². The molecule has 0 saturated carbocycles. The summed E-state index contributed by atoms with van der Waals surface area (Å²) in [6.07, 6.45) is 5.34. The van der Waals surface area contributed by atoms with Gasteiger partial charge in [0.1, 0.15) is 5.69 Å². The number of rotatable bonds is 5. The van der Waals surface area contributed by atoms with Gasteiger partial charge in [0.15, 0.2) is 0 Å². The van der Waals surface area contributed by atoms with E-state index in [4.69, 9.17) is 4.74 Å². The number of hydrogen-bond acceptors (Lipinski definition) is 4. The van der Waals surface area contributed by atoms with Crippen LogP contribution in [0.3, 0.4) is 0 Å². The van der Waals surface area contributed by atoms with Crippen LogP contribution in [-0.4, -0.2) is 37.2 Å². The summed E-state index contributed by atoms with van der Waals surface area (Å²) < 4.78 is 5.55. The van der Waals surface area contributed by atoms with Gasteiger partial charge in [-0.2, -0.15) is 0 Å². The third-order valence-corrected chi connectivity index (χ3v) is 3.04. The van der Waals surface area contributed by atoms with Gasteiger partial charge in [0.05, 0.1) is 6.10 Å². The van der Waals surface area contributed by atoms with Crippen LogP contribution < -0.4 is 10.6 Å². The molecule has 2 rings (SSSR count). The molecule has 1 saturated heterocycles. The molecule has 0 radical (unpaired) electrons. The molecule has 5 nitrogen and oxygen atoms in total. The van der Waals surface area contributed by atoms with Gasteiger partial charge in [0.2, 0.25) is 0 Å². The Bertz CT molecular complexity index is 403. The predicted molar refractivity (Wildman–Crippen MR) is 69.7 cm³/mol. The van der Waals surface area contributed by atoms with Crippen molar-refractivity contribution in [3.63, 3.8) is 0 Å². The molecule has 0 aliphatic carbocycles. The topological polar surface area (TPSA) is 63.2 Å². The zero-order valence-electron chi connectivity index (χ0n) is 10.6. The lowest BCUT2D eigenvalue weighted by atomic mass is 10.2. The van der Waals surface area contributed by atoms with Crippen LogP contribution in [0.15, 0.2) is 18.3 Å². The molecule has 1 unspecified atom stereocenters. The standard InChI is InChI=1S/C13H19N3O2/c1-14-13(17)12-9-10(4-6-16-12)15-7-5-11-3-2-8-18-11/h4,6,9,11H,2-3,5,7-8H2,1H3,(H,14,17)(H,15,16). The minimum atomic E-state index is -0.169. The van der Waals surface area contributed by atoms with Gasteiger partial charge in [-0.25, -0.2) is 0 Å². The molecular formula is C13H19N3O2. The Morgan fingerprint density at radius 2 is 2.50 bits per heavy atom. The van der Waals surface area contributed by atoms with E-state index in [9.17, 15) is 4.79 Å². The maximum Gasteiger partial charge on any atom is 0.269 e. The second kappa shape index (κ2) is 6.35. The van der Waals surface area contributed by atoms with Crippen molar-refractivity contribution in [1.29, 1.82) is 0 Å². The maximum atomic E-state index is 11.4. The molecule has 98 valence electrons. The van der Waals surface area contributed by atoms with Gasteiger partial charge in [0.25, 0.3) is 5.91 Å². The number of carbonyl (C=O) groups excluding carboxylic acids is 1. The fraction of sp³-hybridized carbons (Fsp3) is 0.538. The smallest absolute Gasteiger partial charge is 0.269 e. The highest BCUT2D eigenvalue weighted by molar-refractivity contribution is 5.92. The Morgan fingerprint density at radius 1 is 1.61 bits per heavy atom. The van der Waals surface area contributed by atoms with Crippen LogP contribution in [0.4, 0.5) is 5.69 Å². The van der Waals surface area contributed by atoms with Crippen LogP contribution in [-0.2, 0) is 4.74 Å². The first-order valence-electron chi connectivity index (χ1n) is 6.33. The molecule has 18 heavy (non-hydrogen) atoms. The van der Waals surface area contributed by atoms with Crippen LogP contribution >= 0.6 is 0 Å². The minimum Gasteiger partial charge on any atom is -0.385 e. The molecule has 0 bridgehead atoms. The number of anilines is 1. The van der Waals surface area contributed by atoms with E-state index in [1.165, 1.54) is 6.42 Å². The summed E-state index contributed by atoms with van der Waals surface area (Å²) in [5.74, 6) is -0.169. The molecule has 1 aliphatic heterocycles. The molecule has 1 aromatic heterocycles. The van der Waals surface area contributed by atoms with Gasteiger partial charge in [-0.1, -0.05) is 0 Å². The average molecular weight is 249 g/mol. The Balaban J connectivity index is 1.83. The fourth-order valence-electron chi connectivity index (χ4n) is 2.04. The van der Waals surface area contributed by atoms with Crippen molar-refractivity contribution in [3.05, 3.63) is 24.0 Å². The number of ether oxygens (including phenoxy) is 1. The van der Waals surface area contributed by atoms with Gasteiger partial charge in [-0.05, 0) is 31.4 Å². The van der Waals surface area contributed by atoms with E-state index in [1.54, 1.807) is 19.3 Å². The largest absolute Gasteiger partial charge is 0.385 e. The van der Waals surface area contributed by atoms with Crippen LogP contribution in [0.25, 0.3) is 0 Å². The van der Waals surface area contributed by atoms with Gasteiger partial charge in [-0.15, -0.1) is 0 Å². The Labute approximate surface area is 107 Å². The zero-order valence-corrected chi connectivity index (χ0v) is 10.6. The van der Waals surface area contributed by atoms with Crippen molar-refractivity contribution in [1.82, 2.24) is 10.3 Å². The SMILES string of the molecule is CNC(=O)c1cc(NCCC2CCCO2)ccn1. The summed E-state index contributed by atoms with van der Waals surface area (Å²) in [5.41, 5.74) is 1.35. The van der Waals surface area contributed by atoms with E-state index >= 15 is 0 Å². The number of nitrogens with zero attached hydrogens (tertiary/aromatic N) is 1. The molecule has 0 aromatic carbocycles. The number of carbonyl (C=O) groups is 1. The monoisotopic (exact) mass is 249 g/mol. The molecule has 2 N–H and O–H groups in total. The van der Waals surface area contributed by atoms with E-state index in [0.29, 0.717) is 11.8 Å². The van der Waals surface area contributed by atoms with Crippen molar-refractivity contribution >= 4 is 11.6 Å². The highest BCUT2D eigenvalue weighted by Crippen LogP contribution is 2.15. The third kappa shape index (κ3) is 3.43. The van der Waals surface area contributed by atoms with Gasteiger partial charge in [0, 0.05) is 32.1 Å². The fourth-order valence-corrected chi connectivity index (χ4v) is 2.04. The molecule has 1 aromatic rings. The molecule has 1 fully saturated rings. The Morgan fingerprint density at radius 3 is 3.22 bits per heavy atom. The highest BCUT2D eigenvalue weighted by Gasteiger charge is 2.14. The molecule has 1 aliphatic rings. The zero-order chi connectivity index (χ0) is 12.8. The lowest BCUT2D eigenvalue weighted by molar-refractivity contribution is 0.0958. The summed E-state index contributed by atoms with van der Waals surface area (Å²) in [4.78, 5) is 15.4. The van der Waals surface area contributed by atoms with E-state index in [0.717, 1.165) is 31.7 Å². The van der Waals surface area contributed by atoms with Crippen molar-refractivity contribution in [2.45, 2.75) is 25.4 Å². The minimum absolute atomic E-state index is 0.169. The van der Waals surface area contributed by atoms with Crippen LogP contribution in [0.1, 0.15) is 29.8 Å². The summed E-state index contributed by atoms with van der Waals surface area (Å²) in [5, 5.41) is 5.85. The molecule has 1 atom stereocenters. The average Bonchev–Trinajstić information content (AvgIpc) is 2.91. The molecule has 1 amide bonds. The van der Waals surface area contributed by atoms with Crippen LogP contribution in [0.5, 0.6) is 0 Å². The van der Waals surface area contributed by atoms with E-state index in [1.807, 2.05) is 6.07 Å². The van der Waals surface area contributed by atoms with Crippen LogP contribution in [0.2, 0.25) is 0 Å². The lowest BCUT2D eigenvalue weighted by Crippen LogP contribution is -2.19. The van der Waals surface area contributed by atoms with Gasteiger partial charge < -0.3 is 15.4 Å². The number of hydrogen-bond donors (Lipinski definition) is 2. The first-order valence-corrected chi connectivity index (χ1v) is 6.33. The molecule has 2 heterocycles. The summed E-state index contributed by atoms with van der Waals surface area (Å²) in [6, 6.07) is 3.62. The summed E-state index contributed by atoms with van der Waals surface area (Å²) in [6.45, 7) is 1.74. The number of nitrogens with one attached hydrogen (secondary N) is 2. The van der Waals surface area contributed by atoms with Gasteiger partial charge in [-0.3, -0.25) is 9.78 Å². The quantitative estimate of drug-likeness (QED) is 0.828. The number of amides is 1. The van der Waals surface area contributed by atoms with Gasteiger partial charge >= 0.3 is 0 Å². The van der Waals surface area contributed by atoms with E-state index in [-0.39, 0.29) is 5.91 Å². The Kier molecular flexibility index (Phi) is 4.52. The van der Waals surface area contributed by atoms with Crippen molar-refractivity contribution < 1.29 is 9.53 Å². The summed E-state index contributed by atoms with van der Waals surface area (Å²) in [7, 11) is 1.60. The predicted octanol–water partition coefficient (Wildman–Crippen LogP) is 1.42. The molecular weight excluding hydrogens is 230 g/mol. The van der Waals surface area contributed by atoms with E-state index < -0.39 is 0 Å². The van der Waals surface area contributed by atoms with E-state index in [2.05, 4.69) is 15.6 Å². The maximum absolute atomic E-state index is 11.4. The first-order chi connectivity index (χ1) is 8.79. The van der Waals surface area contributed by atoms with Crippen molar-refractivity contribution in [2.75, 3.05) is 25.5 Å². The second-order valence-corrected chi connectivity index (χ2v) is 4.36. The number of pyridine rings is 1. The van der Waals surface area contributed by atoms with Crippen molar-refractivity contribution in [3.8, 4) is 0 Å². The molecule has 5 heteroatoms. The lowest BCUT2D eigenvalue weighted by Gasteiger charge is -2.11. The Hall–Kier alpha value is -1.62. The normalized spacial score (nSPS) is 18.6. The summed E-state index contributed by atoms with van der Waals surface area (Å²) >= 11 is 0. The molecule has 0 spiro atoms. The third-order valence-electron chi connectivity index (χ3n) is 3.04. The number of aromatic nitrogens is 1.